The molecule has 1 aliphatic carbocycles. The van der Waals surface area contributed by atoms with Crippen LogP contribution in [0.15, 0.2) is 30.7 Å². The van der Waals surface area contributed by atoms with Crippen LogP contribution in [-0.2, 0) is 20.8 Å². The second kappa shape index (κ2) is 11.1. The highest BCUT2D eigenvalue weighted by Crippen LogP contribution is 2.47. The van der Waals surface area contributed by atoms with Gasteiger partial charge in [-0.15, -0.1) is 0 Å². The molecule has 0 aromatic carbocycles. The molecular weight excluding hydrogens is 472 g/mol. The van der Waals surface area contributed by atoms with Gasteiger partial charge < -0.3 is 19.3 Å². The van der Waals surface area contributed by atoms with Crippen LogP contribution in [0, 0.1) is 5.41 Å². The van der Waals surface area contributed by atoms with E-state index in [1.165, 1.54) is 19.3 Å². The van der Waals surface area contributed by atoms with Crippen LogP contribution in [0.3, 0.4) is 0 Å². The van der Waals surface area contributed by atoms with E-state index < -0.39 is 0 Å². The minimum Gasteiger partial charge on any atom is -0.466 e. The van der Waals surface area contributed by atoms with Crippen molar-refractivity contribution in [1.82, 2.24) is 24.6 Å². The van der Waals surface area contributed by atoms with Gasteiger partial charge in [-0.3, -0.25) is 14.4 Å². The maximum Gasteiger partial charge on any atom is 0.409 e. The first-order valence-corrected chi connectivity index (χ1v) is 13.5. The van der Waals surface area contributed by atoms with Crippen LogP contribution in [0.4, 0.5) is 10.6 Å². The van der Waals surface area contributed by atoms with Crippen molar-refractivity contribution in [3.8, 4) is 11.1 Å². The van der Waals surface area contributed by atoms with Crippen LogP contribution in [0.5, 0.6) is 0 Å². The van der Waals surface area contributed by atoms with Crippen molar-refractivity contribution in [3.63, 3.8) is 0 Å². The van der Waals surface area contributed by atoms with E-state index in [1.54, 1.807) is 4.68 Å². The molecule has 2 aromatic rings. The van der Waals surface area contributed by atoms with Gasteiger partial charge in [0.15, 0.2) is 0 Å². The van der Waals surface area contributed by atoms with Crippen LogP contribution < -0.4 is 4.90 Å². The molecule has 2 aromatic heterocycles. The fourth-order valence-electron chi connectivity index (χ4n) is 6.12. The zero-order valence-electron chi connectivity index (χ0n) is 22.0. The number of anilines is 1. The van der Waals surface area contributed by atoms with E-state index in [9.17, 15) is 9.59 Å². The summed E-state index contributed by atoms with van der Waals surface area (Å²) < 4.78 is 12.0. The first kappa shape index (κ1) is 25.5. The molecule has 10 nitrogen and oxygen atoms in total. The lowest BCUT2D eigenvalue weighted by molar-refractivity contribution is -0.143. The van der Waals surface area contributed by atoms with Crippen LogP contribution >= 0.6 is 0 Å². The molecule has 0 radical (unpaired) electrons. The van der Waals surface area contributed by atoms with Crippen molar-refractivity contribution in [2.45, 2.75) is 52.1 Å². The van der Waals surface area contributed by atoms with E-state index in [4.69, 9.17) is 14.5 Å². The number of amides is 1. The van der Waals surface area contributed by atoms with E-state index in [0.29, 0.717) is 32.2 Å². The summed E-state index contributed by atoms with van der Waals surface area (Å²) in [4.78, 5) is 35.3. The molecule has 1 spiro atoms. The SMILES string of the molecule is CCOC(=O)CCn1cc(-c2cccnc2N2CCN([C@@H]3CCC4(C3)CN(C(=O)OCC)C4)CC2)cn1. The summed E-state index contributed by atoms with van der Waals surface area (Å²) in [6.07, 6.45) is 9.38. The molecule has 4 heterocycles. The normalized spacial score (nSPS) is 21.2. The molecule has 0 N–H and O–H groups in total. The fraction of sp³-hybridized carbons (Fsp3) is 0.630. The lowest BCUT2D eigenvalue weighted by Crippen LogP contribution is -2.58. The highest BCUT2D eigenvalue weighted by molar-refractivity contribution is 5.75. The maximum absolute atomic E-state index is 12.0. The van der Waals surface area contributed by atoms with Crippen molar-refractivity contribution in [1.29, 1.82) is 0 Å². The Morgan fingerprint density at radius 3 is 2.65 bits per heavy atom. The molecular formula is C27H38N6O4. The third-order valence-corrected chi connectivity index (χ3v) is 7.97. The van der Waals surface area contributed by atoms with E-state index in [-0.39, 0.29) is 17.5 Å². The third-order valence-electron chi connectivity index (χ3n) is 7.97. The Morgan fingerprint density at radius 1 is 1.11 bits per heavy atom. The predicted octanol–water partition coefficient (Wildman–Crippen LogP) is 3.03. The molecule has 200 valence electrons. The minimum absolute atomic E-state index is 0.166. The first-order valence-electron chi connectivity index (χ1n) is 13.5. The molecule has 5 rings (SSSR count). The van der Waals surface area contributed by atoms with Crippen molar-refractivity contribution in [2.24, 2.45) is 5.41 Å². The van der Waals surface area contributed by atoms with Gasteiger partial charge in [0, 0.05) is 74.2 Å². The van der Waals surface area contributed by atoms with Gasteiger partial charge >= 0.3 is 12.1 Å². The first-order chi connectivity index (χ1) is 18.0. The largest absolute Gasteiger partial charge is 0.466 e. The summed E-state index contributed by atoms with van der Waals surface area (Å²) >= 11 is 0. The van der Waals surface area contributed by atoms with Gasteiger partial charge in [-0.2, -0.15) is 5.10 Å². The van der Waals surface area contributed by atoms with Crippen molar-refractivity contribution < 1.29 is 19.1 Å². The van der Waals surface area contributed by atoms with Crippen LogP contribution in [0.2, 0.25) is 0 Å². The van der Waals surface area contributed by atoms with Crippen LogP contribution in [-0.4, -0.2) is 95.2 Å². The van der Waals surface area contributed by atoms with Crippen molar-refractivity contribution in [3.05, 3.63) is 30.7 Å². The van der Waals surface area contributed by atoms with Crippen LogP contribution in [0.1, 0.15) is 39.5 Å². The molecule has 37 heavy (non-hydrogen) atoms. The van der Waals surface area contributed by atoms with Gasteiger partial charge in [0.25, 0.3) is 0 Å². The fourth-order valence-corrected chi connectivity index (χ4v) is 6.12. The van der Waals surface area contributed by atoms with Gasteiger partial charge in [0.1, 0.15) is 5.82 Å². The van der Waals surface area contributed by atoms with E-state index in [2.05, 4.69) is 21.0 Å². The average molecular weight is 511 g/mol. The second-order valence-corrected chi connectivity index (χ2v) is 10.4. The number of hydrogen-bond acceptors (Lipinski definition) is 8. The number of carbonyl (C=O) groups is 2. The highest BCUT2D eigenvalue weighted by Gasteiger charge is 2.51. The molecule has 0 bridgehead atoms. The monoisotopic (exact) mass is 510 g/mol. The Bertz CT molecular complexity index is 1090. The smallest absolute Gasteiger partial charge is 0.409 e. The minimum atomic E-state index is -0.207. The maximum atomic E-state index is 12.0. The molecule has 1 amide bonds. The highest BCUT2D eigenvalue weighted by atomic mass is 16.6. The molecule has 2 aliphatic heterocycles. The quantitative estimate of drug-likeness (QED) is 0.501. The Morgan fingerprint density at radius 2 is 1.89 bits per heavy atom. The summed E-state index contributed by atoms with van der Waals surface area (Å²) in [6.45, 7) is 10.6. The molecule has 1 atom stereocenters. The summed E-state index contributed by atoms with van der Waals surface area (Å²) in [5, 5.41) is 4.45. The van der Waals surface area contributed by atoms with Crippen molar-refractivity contribution in [2.75, 3.05) is 57.4 Å². The molecule has 0 unspecified atom stereocenters. The zero-order valence-corrected chi connectivity index (χ0v) is 22.0. The topological polar surface area (TPSA) is 93.0 Å². The Hall–Kier alpha value is -3.14. The number of carbonyl (C=O) groups excluding carboxylic acids is 2. The lowest BCUT2D eigenvalue weighted by atomic mass is 9.78. The number of piperazine rings is 1. The van der Waals surface area contributed by atoms with Gasteiger partial charge in [0.05, 0.1) is 32.4 Å². The van der Waals surface area contributed by atoms with Gasteiger partial charge in [-0.05, 0) is 45.2 Å². The number of pyridine rings is 1. The van der Waals surface area contributed by atoms with Gasteiger partial charge in [-0.25, -0.2) is 9.78 Å². The van der Waals surface area contributed by atoms with E-state index in [1.807, 2.05) is 43.4 Å². The number of ether oxygens (including phenoxy) is 2. The number of aryl methyl sites for hydroxylation is 1. The average Bonchev–Trinajstić information content (AvgIpc) is 3.55. The van der Waals surface area contributed by atoms with Crippen molar-refractivity contribution >= 4 is 17.9 Å². The molecule has 1 saturated carbocycles. The predicted molar refractivity (Wildman–Crippen MR) is 139 cm³/mol. The van der Waals surface area contributed by atoms with Gasteiger partial charge in [-0.1, -0.05) is 0 Å². The number of nitrogens with zero attached hydrogens (tertiary/aromatic N) is 6. The Balaban J connectivity index is 1.15. The molecule has 3 fully saturated rings. The number of likely N-dealkylation sites (tertiary alicyclic amines) is 1. The summed E-state index contributed by atoms with van der Waals surface area (Å²) in [7, 11) is 0. The number of esters is 1. The third kappa shape index (κ3) is 5.58. The molecule has 3 aliphatic rings. The number of aromatic nitrogens is 3. The van der Waals surface area contributed by atoms with E-state index in [0.717, 1.165) is 56.2 Å². The Kier molecular flexibility index (Phi) is 7.64. The second-order valence-electron chi connectivity index (χ2n) is 10.4. The van der Waals surface area contributed by atoms with Gasteiger partial charge in [0.2, 0.25) is 0 Å². The Labute approximate surface area is 218 Å². The van der Waals surface area contributed by atoms with E-state index >= 15 is 0 Å². The molecule has 2 saturated heterocycles. The molecule has 10 heteroatoms. The standard InChI is InChI=1S/C27H38N6O4/c1-3-36-24(34)8-11-33-18-21(17-29-33)23-6-5-10-28-25(23)31-14-12-30(13-15-31)22-7-9-27(16-22)19-32(20-27)26(35)37-4-2/h5-6,10,17-18,22H,3-4,7-9,11-16,19-20H2,1-2H3/t22-/m1/s1. The zero-order chi connectivity index (χ0) is 25.8. The number of hydrogen-bond donors (Lipinski definition) is 0. The number of rotatable bonds is 8. The summed E-state index contributed by atoms with van der Waals surface area (Å²) in [5.74, 6) is 0.778. The van der Waals surface area contributed by atoms with Crippen LogP contribution in [0.25, 0.3) is 11.1 Å². The summed E-state index contributed by atoms with van der Waals surface area (Å²) in [5.41, 5.74) is 2.35. The summed E-state index contributed by atoms with van der Waals surface area (Å²) in [6, 6.07) is 4.64. The lowest BCUT2D eigenvalue weighted by Gasteiger charge is -2.48.